The number of aliphatic imine (C=N–C) groups is 1. The molecule has 2 atom stereocenters. The molecule has 1 aliphatic heterocycles. The number of anilines is 1. The molecule has 666 valence electrons. The summed E-state index contributed by atoms with van der Waals surface area (Å²) in [5, 5.41) is 61.5. The maximum atomic E-state index is 13.6. The van der Waals surface area contributed by atoms with E-state index in [9.17, 15) is 50.8 Å². The average molecular weight is 2520 g/mol. The summed E-state index contributed by atoms with van der Waals surface area (Å²) in [5.74, 6) is 0.319. The Morgan fingerprint density at radius 2 is 1.10 bits per heavy atom. The zero-order valence-corrected chi connectivity index (χ0v) is 94.0. The zero-order valence-electron chi connectivity index (χ0n) is 71.5. The van der Waals surface area contributed by atoms with Crippen molar-refractivity contribution in [2.24, 2.45) is 31.3 Å². The fraction of sp³-hybridized carbons (Fsp3) is 0.349. The Bertz CT molecular complexity index is 5220. The number of methoxy groups -OCH3 is 2. The predicted molar refractivity (Wildman–Crippen MR) is 496 cm³/mol. The Labute approximate surface area is 915 Å². The number of ether oxygens (including phenoxy) is 2. The summed E-state index contributed by atoms with van der Waals surface area (Å²) in [5.41, 5.74) is 22.3. The van der Waals surface area contributed by atoms with E-state index in [1.165, 1.54) is 59.5 Å². The molecular formula is C86H86Br3Cl2CuF6I3KLiN12NaO9SSn. The van der Waals surface area contributed by atoms with Gasteiger partial charge in [0.15, 0.2) is 5.69 Å². The number of hydrogen-bond donors (Lipinski definition) is 2. The number of amidine groups is 1. The summed E-state index contributed by atoms with van der Waals surface area (Å²) in [6.45, 7) is 30.6. The van der Waals surface area contributed by atoms with E-state index in [2.05, 4.69) is 119 Å². The number of nitro groups is 2. The van der Waals surface area contributed by atoms with E-state index in [-0.39, 0.29) is 185 Å². The Kier molecular flexibility index (Phi) is 62.1. The third-order valence-electron chi connectivity index (χ3n) is 19.7. The van der Waals surface area contributed by atoms with Crippen LogP contribution in [-0.4, -0.2) is 75.7 Å². The van der Waals surface area contributed by atoms with Gasteiger partial charge in [0.2, 0.25) is 0 Å². The number of fused-ring (bicyclic) bond motifs is 6. The minimum atomic E-state index is -4.42. The molecule has 2 fully saturated rings. The molecule has 1 heterocycles. The summed E-state index contributed by atoms with van der Waals surface area (Å²) in [6.07, 6.45) is 3.39. The molecule has 127 heavy (non-hydrogen) atoms. The van der Waals surface area contributed by atoms with Gasteiger partial charge in [0.1, 0.15) is 46.1 Å². The van der Waals surface area contributed by atoms with Gasteiger partial charge in [-0.15, -0.1) is 5.34 Å². The molecular weight excluding hydrogens is 2430 g/mol. The van der Waals surface area contributed by atoms with Crippen molar-refractivity contribution in [1.82, 2.24) is 0 Å². The molecule has 2 unspecified atom stereocenters. The fourth-order valence-corrected chi connectivity index (χ4v) is 16.9. The first-order valence-corrected chi connectivity index (χ1v) is 49.6. The molecule has 3 spiro atoms. The first kappa shape index (κ1) is 128. The van der Waals surface area contributed by atoms with Crippen molar-refractivity contribution in [1.29, 1.82) is 21.0 Å². The Morgan fingerprint density at radius 1 is 0.669 bits per heavy atom. The number of halogens is 14. The number of unbranched alkanes of at least 4 members (excludes halogenated alkanes) is 1. The third kappa shape index (κ3) is 37.8. The number of nitriles is 3. The summed E-state index contributed by atoms with van der Waals surface area (Å²) < 4.78 is 109. The second kappa shape index (κ2) is 61.7. The molecule has 0 aromatic heterocycles. The van der Waals surface area contributed by atoms with Crippen LogP contribution in [0.5, 0.6) is 0 Å². The van der Waals surface area contributed by atoms with Crippen LogP contribution in [0, 0.1) is 135 Å². The first-order chi connectivity index (χ1) is 57.4. The third-order valence-corrected chi connectivity index (χ3v) is 24.5. The number of benzene rings is 8. The minimum absolute atomic E-state index is 0. The topological polar surface area (TPSA) is 351 Å². The van der Waals surface area contributed by atoms with Gasteiger partial charge in [0.05, 0.1) is 65.8 Å². The van der Waals surface area contributed by atoms with E-state index in [0.717, 1.165) is 146 Å². The van der Waals surface area contributed by atoms with Crippen LogP contribution in [0.25, 0.3) is 4.85 Å². The molecule has 21 nitrogen and oxygen atoms in total. The summed E-state index contributed by atoms with van der Waals surface area (Å²) in [4.78, 5) is 35.8. The van der Waals surface area contributed by atoms with Crippen molar-refractivity contribution < 1.29 is 191 Å². The number of nitrogens with two attached hydrogens (primary N) is 2. The summed E-state index contributed by atoms with van der Waals surface area (Å²) in [6, 6.07) is 46.0. The number of nitro benzene ring substituents is 2. The maximum Gasteiger partial charge on any atom is 1.00 e. The number of nitrogen functional groups attached to an aromatic ring is 1. The van der Waals surface area contributed by atoms with Gasteiger partial charge in [0.25, 0.3) is 11.4 Å². The van der Waals surface area contributed by atoms with Gasteiger partial charge < -0.3 is 73.8 Å². The molecule has 0 amide bonds. The number of aryl methyl sites for hydroxylation is 4. The molecule has 0 saturated heterocycles. The van der Waals surface area contributed by atoms with Crippen LogP contribution in [-0.2, 0) is 68.3 Å². The fourth-order valence-electron chi connectivity index (χ4n) is 13.6. The normalized spacial score (nSPS) is 17.4. The standard InChI is InChI=1S/C23H22BrF3N2O.C19H26BrNO2S.C8H3F3IN.C8H6IN.C8H6N2O2.C8H8N2.C7H6BrNO2.C4H9.CN.2ClH.Cu.HI.K.Li.HNO2.Na.Sn/c1-30-16-6-8-21(9-7-16)12-13-2-4-15(24)11-18(13)22(21)19-10-14(23(25,26)27)3-5-17(19)20(28)29-22;1-18(2,3)24(22)21-17-16-11-14(20)6-5-13(16)12-19(17)9-7-15(23-4)8-10-19;1-13-7-3-2-5(4-6(7)12)8(9,10)11;1-6-2-3-7(5-10)8(9)4-6;1-6-2-3-7(5-9)8(4-6)10(11)12;1-6-2-3-7(5-9)8(10)4-6;1-5-2-3-6(8)7(4-5)9(10)11;1-3-4-2;1-2;;;;;;;2-1-3;;/h2-5,10-11,16H,6-9,12H2,1H3,(H2,28,29);5-6,11,15H,7-10,12H2,1-4H3;2-4H;2-4H,1H3;2-4H,1H3;2-4H,10H2,1H3;2-4H,1H3;1,3-4H2,2H3;;2*1H;;1H;;;(H,2,3);;/q;;;;;;;2*-1;;;+1;;2*+1;;+1;+2/p-4. The quantitative estimate of drug-likeness (QED) is 0.0228. The van der Waals surface area contributed by atoms with Gasteiger partial charge in [-0.25, -0.2) is 9.05 Å². The molecule has 41 heteroatoms. The van der Waals surface area contributed by atoms with Gasteiger partial charge in [-0.1, -0.05) is 122 Å². The second-order valence-corrected chi connectivity index (χ2v) is 40.0. The van der Waals surface area contributed by atoms with Crippen molar-refractivity contribution in [2.45, 2.75) is 167 Å². The largest absolute Gasteiger partial charge is 1.00 e. The van der Waals surface area contributed by atoms with Crippen LogP contribution >= 0.6 is 111 Å². The Balaban J connectivity index is -0.00000143. The molecule has 2 radical (unpaired) electrons. The van der Waals surface area contributed by atoms with Gasteiger partial charge in [0, 0.05) is 70.1 Å². The van der Waals surface area contributed by atoms with E-state index >= 15 is 0 Å². The van der Waals surface area contributed by atoms with Gasteiger partial charge in [-0.3, -0.25) is 25.2 Å². The average Bonchev–Trinajstić information content (AvgIpc) is 1.51. The molecule has 5 aliphatic rings. The summed E-state index contributed by atoms with van der Waals surface area (Å²) in [7, 11) is 12.1. The van der Waals surface area contributed by atoms with E-state index in [4.69, 9.17) is 92.5 Å². The zero-order chi connectivity index (χ0) is 92.4. The van der Waals surface area contributed by atoms with Crippen molar-refractivity contribution in [3.8, 4) is 18.2 Å². The molecule has 0 bridgehead atoms. The second-order valence-electron chi connectivity index (χ2n) is 28.8. The SMILES string of the molecule is COC1CCC2(CC1)Cc1ccc(Br)cc1C21N=C(N)c2ccc(C(F)(F)F)cc21.COC1CCC2(CC1)Cc1ccc(Br)cc1C2=NS(=O)C(C)(C)C.Cc1ccc(Br)c([N+](=O)[O-])c1.Cc1ccc(C#N)c(I)c1.Cc1ccc(C#N)c(N)c1.Cc1ccc(C#N)c([N+](=O)[O-])c1.O=N[O-].[C-]#N.[C-]#[N+]c1ccc(C(F)(F)F)cc1I.[CH2-]CCC.[Cl][Sn][Cl].[Cu+].[I-].[K+].[Li+].[Na+]. The van der Waals surface area contributed by atoms with Crippen molar-refractivity contribution in [3.63, 3.8) is 0 Å². The van der Waals surface area contributed by atoms with Crippen LogP contribution in [0.4, 0.5) is 49.1 Å². The number of nitrogens with zero attached hydrogens (tertiary/aromatic N) is 10. The number of alkyl halides is 6. The van der Waals surface area contributed by atoms with Crippen LogP contribution in [0.2, 0.25) is 0 Å². The van der Waals surface area contributed by atoms with E-state index < -0.39 is 68.7 Å². The first-order valence-electron chi connectivity index (χ1n) is 36.8. The molecule has 8 aromatic rings. The van der Waals surface area contributed by atoms with Crippen LogP contribution in [0.15, 0.2) is 174 Å². The van der Waals surface area contributed by atoms with Crippen molar-refractivity contribution >= 4 is 175 Å². The maximum absolute atomic E-state index is 13.6. The van der Waals surface area contributed by atoms with Crippen LogP contribution < -0.4 is 135 Å². The van der Waals surface area contributed by atoms with Gasteiger partial charge >= 0.3 is 166 Å². The number of rotatable bonds is 6. The Morgan fingerprint density at radius 3 is 1.54 bits per heavy atom. The molecule has 8 aromatic carbocycles. The van der Waals surface area contributed by atoms with Gasteiger partial charge in [-0.05, 0) is 275 Å². The van der Waals surface area contributed by atoms with Gasteiger partial charge in [-0.2, -0.15) is 52.9 Å². The summed E-state index contributed by atoms with van der Waals surface area (Å²) >= 11 is 13.3. The monoisotopic (exact) mass is 2520 g/mol. The van der Waals surface area contributed by atoms with Crippen LogP contribution in [0.1, 0.15) is 175 Å². The minimum Gasteiger partial charge on any atom is -1.00 e. The van der Waals surface area contributed by atoms with Crippen molar-refractivity contribution in [2.75, 3.05) is 20.0 Å². The van der Waals surface area contributed by atoms with E-state index in [1.807, 2.05) is 90.1 Å². The molecule has 2 saturated carbocycles. The molecule has 4 aliphatic carbocycles. The molecule has 4 N–H and O–H groups in total. The Hall–Kier alpha value is -3.24. The van der Waals surface area contributed by atoms with Crippen LogP contribution in [0.3, 0.4) is 0 Å². The molecule has 13 rings (SSSR count). The number of hydrogen-bond acceptors (Lipinski definition) is 17. The smallest absolute Gasteiger partial charge is 1.00 e. The van der Waals surface area contributed by atoms with E-state index in [1.54, 1.807) is 74.1 Å². The van der Waals surface area contributed by atoms with Crippen molar-refractivity contribution in [3.05, 3.63) is 305 Å². The predicted octanol–water partition coefficient (Wildman–Crippen LogP) is 13.6. The van der Waals surface area contributed by atoms with E-state index in [0.29, 0.717) is 42.4 Å².